The van der Waals surface area contributed by atoms with Crippen LogP contribution in [-0.4, -0.2) is 98.8 Å². The minimum Gasteiger partial charge on any atom is -0.295 e. The molecule has 27 unspecified atom stereocenters. The highest BCUT2D eigenvalue weighted by Crippen LogP contribution is 2.73. The Morgan fingerprint density at radius 2 is 0.504 bits per heavy atom. The lowest BCUT2D eigenvalue weighted by atomic mass is 9.18. The molecule has 0 aromatic rings. The monoisotopic (exact) mass is 1730 g/mol. The lowest BCUT2D eigenvalue weighted by Gasteiger charge is -2.73. The lowest BCUT2D eigenvalue weighted by molar-refractivity contribution is -0.169. The molecule has 22 aliphatic carbocycles. The van der Waals surface area contributed by atoms with Gasteiger partial charge in [0, 0.05) is 72.5 Å². The second kappa shape index (κ2) is 39.5. The van der Waals surface area contributed by atoms with Crippen molar-refractivity contribution in [1.29, 1.82) is 0 Å². The van der Waals surface area contributed by atoms with Gasteiger partial charge in [-0.3, -0.25) is 19.6 Å². The average Bonchev–Trinajstić information content (AvgIpc) is 0.708. The zero-order valence-corrected chi connectivity index (χ0v) is 83.1. The number of hydrogen-bond donors (Lipinski definition) is 0. The van der Waals surface area contributed by atoms with Gasteiger partial charge >= 0.3 is 0 Å². The Morgan fingerprint density at radius 1 is 0.157 bits per heavy atom. The Bertz CT molecular complexity index is 3330. The average molecular weight is 1730 g/mol. The molecule has 712 valence electrons. The van der Waals surface area contributed by atoms with Gasteiger partial charge in [-0.15, -0.1) is 0 Å². The summed E-state index contributed by atoms with van der Waals surface area (Å²) < 4.78 is 0. The number of nitrogens with zero attached hydrogens (tertiary/aromatic N) is 4. The Morgan fingerprint density at radius 3 is 0.953 bits per heavy atom. The van der Waals surface area contributed by atoms with Crippen molar-refractivity contribution in [3.63, 3.8) is 0 Å². The third-order valence-electron chi connectivity index (χ3n) is 51.1. The van der Waals surface area contributed by atoms with Gasteiger partial charge in [0.1, 0.15) is 0 Å². The maximum atomic E-state index is 4.19. The van der Waals surface area contributed by atoms with Gasteiger partial charge in [-0.2, -0.15) is 0 Å². The van der Waals surface area contributed by atoms with Crippen LogP contribution < -0.4 is 0 Å². The van der Waals surface area contributed by atoms with E-state index in [2.05, 4.69) is 19.6 Å². The molecule has 22 saturated carbocycles. The van der Waals surface area contributed by atoms with Gasteiger partial charge in [-0.1, -0.05) is 334 Å². The Hall–Kier alpha value is -0.0951. The molecular weight excluding hydrogens is 1530 g/mol. The normalized spacial score (nSPS) is 49.9. The molecule has 27 atom stereocenters. The summed E-state index contributed by atoms with van der Waals surface area (Å²) in [6, 6.07) is 10.2. The van der Waals surface area contributed by atoms with Crippen LogP contribution >= 0.6 is 0 Å². The van der Waals surface area contributed by atoms with Crippen LogP contribution in [0.2, 0.25) is 17.5 Å². The molecule has 0 spiro atoms. The van der Waals surface area contributed by atoms with Gasteiger partial charge in [-0.05, 0) is 357 Å². The molecule has 0 aromatic carbocycles. The largest absolute Gasteiger partial charge is 0.295 e. The first-order valence-electron chi connectivity index (χ1n) is 62.1. The molecule has 25 aliphatic rings. The van der Waals surface area contributed by atoms with Crippen LogP contribution in [0.3, 0.4) is 0 Å². The molecule has 0 radical (unpaired) electrons. The van der Waals surface area contributed by atoms with E-state index < -0.39 is 0 Å². The fraction of sp³-hybridized carbons (Fsp3) is 1.00. The lowest BCUT2D eigenvalue weighted by Crippen LogP contribution is -2.78. The van der Waals surface area contributed by atoms with Crippen molar-refractivity contribution in [2.45, 2.75) is 597 Å². The number of fused-ring (bicyclic) bond motifs is 9. The molecule has 0 N–H and O–H groups in total. The van der Waals surface area contributed by atoms with Crippen molar-refractivity contribution in [1.82, 2.24) is 19.6 Å². The van der Waals surface area contributed by atoms with Gasteiger partial charge in [0.15, 0.2) is 6.71 Å². The topological polar surface area (TPSA) is 13.0 Å². The number of hydrogen-bond acceptors (Lipinski definition) is 4. The smallest absolute Gasteiger partial charge is 0.156 e. The molecule has 3 saturated heterocycles. The summed E-state index contributed by atoms with van der Waals surface area (Å²) >= 11 is 0. The molecule has 3 aliphatic heterocycles. The summed E-state index contributed by atoms with van der Waals surface area (Å²) in [5.74, 6) is 31.8. The summed E-state index contributed by atoms with van der Waals surface area (Å²) in [4.78, 5) is 15.9. The number of rotatable bonds is 15. The zero-order valence-electron chi connectivity index (χ0n) is 83.1. The van der Waals surface area contributed by atoms with Crippen molar-refractivity contribution in [2.24, 2.45) is 166 Å². The van der Waals surface area contributed by atoms with Crippen LogP contribution in [-0.2, 0) is 0 Å². The van der Waals surface area contributed by atoms with Crippen LogP contribution in [0.5, 0.6) is 0 Å². The van der Waals surface area contributed by atoms with Crippen molar-refractivity contribution in [2.75, 3.05) is 0 Å². The van der Waals surface area contributed by atoms with Crippen molar-refractivity contribution in [3.05, 3.63) is 0 Å². The first-order chi connectivity index (χ1) is 63.0. The molecular formula is C122H201BN4. The first kappa shape index (κ1) is 88.3. The molecule has 127 heavy (non-hydrogen) atoms. The predicted octanol–water partition coefficient (Wildman–Crippen LogP) is 32.6. The molecule has 5 heteroatoms. The van der Waals surface area contributed by atoms with Crippen LogP contribution in [0.4, 0.5) is 0 Å². The molecule has 25 rings (SSSR count). The highest BCUT2D eigenvalue weighted by atomic mass is 15.3. The zero-order chi connectivity index (χ0) is 83.6. The number of likely N-dealkylation sites (tertiary alicyclic amines) is 1. The minimum absolute atomic E-state index is 0.783. The highest BCUT2D eigenvalue weighted by Gasteiger charge is 2.71. The fourth-order valence-electron chi connectivity index (χ4n) is 46.9. The molecule has 4 nitrogen and oxygen atoms in total. The minimum atomic E-state index is 0.783. The highest BCUT2D eigenvalue weighted by molar-refractivity contribution is 6.65. The maximum Gasteiger partial charge on any atom is 0.156 e. The van der Waals surface area contributed by atoms with Gasteiger partial charge in [0.05, 0.1) is 0 Å². The van der Waals surface area contributed by atoms with Gasteiger partial charge in [0.2, 0.25) is 0 Å². The van der Waals surface area contributed by atoms with E-state index in [1.165, 1.54) is 12.8 Å². The third kappa shape index (κ3) is 16.8. The van der Waals surface area contributed by atoms with Crippen LogP contribution in [0.25, 0.3) is 0 Å². The third-order valence-corrected chi connectivity index (χ3v) is 51.1. The van der Waals surface area contributed by atoms with E-state index >= 15 is 0 Å². The van der Waals surface area contributed by atoms with Crippen LogP contribution in [0.15, 0.2) is 0 Å². The standard InChI is InChI=1S/C122H201BN4/c1-9-32-80(33-10-1)84-58-64-95(65-59-84)124(96-66-60-85(61-67-96)81-34-11-2-12-35-81)98-78-115-120-116(79-98)127(122-107(88-44-21-7-22-45-88)74-94(83-38-15-4-16-39-83)75-108(122)89-46-23-8-24-47-89)114-77-97(125-111-56-27-25-51-100(111)101-52-26-28-57-112(101)125)68-70-109(114)123(120)110-76-92(99-69-62-91-50-30-54-103-102-53-29-48-90-49-31-55-104(117(90)102)119(99)118(91)103)63-71-113(110)126(115)121-105(86-40-17-5-18-41-86)72-93(82-36-13-3-14-37-82)73-106(121)87-42-19-6-20-43-87/h80-122H,1-79H2. The molecule has 0 bridgehead atoms. The maximum absolute atomic E-state index is 4.19. The summed E-state index contributed by atoms with van der Waals surface area (Å²) in [5, 5.41) is 0. The second-order valence-electron chi connectivity index (χ2n) is 55.4. The van der Waals surface area contributed by atoms with E-state index in [0.717, 1.165) is 262 Å². The molecule has 0 aromatic heterocycles. The molecule has 3 heterocycles. The first-order valence-corrected chi connectivity index (χ1v) is 62.1. The summed E-state index contributed by atoms with van der Waals surface area (Å²) in [5.41, 5.74) is 0. The Labute approximate surface area is 784 Å². The second-order valence-corrected chi connectivity index (χ2v) is 55.4. The van der Waals surface area contributed by atoms with E-state index in [1.807, 2.05) is 0 Å². The van der Waals surface area contributed by atoms with Crippen LogP contribution in [0, 0.1) is 166 Å². The van der Waals surface area contributed by atoms with E-state index in [9.17, 15) is 0 Å². The SMILES string of the molecule is C1CCC(C2CCC(N(C3CCC(C4CCCCC4)CC3)C3CC4C5B(C6CC(C7CCC8CCCC9C%10CCCC%11CCCC(C%11%10)C7C89)CCC6N4C4C(C6CCCCC6)CC(C6CCCCC6)CC4C4CCCCC4)C4CCC(N6C7CCCCC7C7CCCCC76)CC4N(C4C(C6CCCCC6)CC(C6CCCCC6)CC4C4CCCCC4)C5C3)CC2)CC1. The fourth-order valence-corrected chi connectivity index (χ4v) is 46.9. The Balaban J connectivity index is 0.693. The van der Waals surface area contributed by atoms with E-state index in [-0.39, 0.29) is 0 Å². The van der Waals surface area contributed by atoms with Crippen molar-refractivity contribution < 1.29 is 0 Å². The van der Waals surface area contributed by atoms with Gasteiger partial charge < -0.3 is 0 Å². The summed E-state index contributed by atoms with van der Waals surface area (Å²) in [7, 11) is 0. The van der Waals surface area contributed by atoms with E-state index in [1.54, 1.807) is 494 Å². The van der Waals surface area contributed by atoms with Crippen molar-refractivity contribution in [3.8, 4) is 0 Å². The summed E-state index contributed by atoms with van der Waals surface area (Å²) in [6.45, 7) is 0.975. The molecule has 0 amide bonds. The molecule has 25 fully saturated rings. The van der Waals surface area contributed by atoms with Crippen LogP contribution in [0.1, 0.15) is 507 Å². The Kier molecular flexibility index (Phi) is 27.5. The predicted molar refractivity (Wildman–Crippen MR) is 532 cm³/mol. The van der Waals surface area contributed by atoms with Crippen molar-refractivity contribution >= 4 is 6.71 Å². The summed E-state index contributed by atoms with van der Waals surface area (Å²) in [6.07, 6.45) is 126. The quantitative estimate of drug-likeness (QED) is 0.152. The van der Waals surface area contributed by atoms with E-state index in [4.69, 9.17) is 0 Å². The van der Waals surface area contributed by atoms with Gasteiger partial charge in [0.25, 0.3) is 0 Å². The van der Waals surface area contributed by atoms with Gasteiger partial charge in [-0.25, -0.2) is 0 Å². The van der Waals surface area contributed by atoms with E-state index in [0.29, 0.717) is 0 Å².